The average Bonchev–Trinajstić information content (AvgIpc) is 2.80. The van der Waals surface area contributed by atoms with E-state index in [4.69, 9.17) is 9.47 Å². The molecule has 2 N–H and O–H groups in total. The lowest BCUT2D eigenvalue weighted by atomic mass is 9.89. The highest BCUT2D eigenvalue weighted by Gasteiger charge is 2.16. The molecule has 1 aliphatic rings. The van der Waals surface area contributed by atoms with Gasteiger partial charge in [0.1, 0.15) is 12.3 Å². The number of ether oxygens (including phenoxy) is 2. The normalized spacial score (nSPS) is 13.5. The molecule has 0 aromatic heterocycles. The molecule has 0 spiro atoms. The fourth-order valence-corrected chi connectivity index (χ4v) is 3.58. The fraction of sp³-hybridized carbons (Fsp3) is 0.375. The van der Waals surface area contributed by atoms with Gasteiger partial charge < -0.3 is 20.1 Å². The molecule has 0 saturated carbocycles. The quantitative estimate of drug-likeness (QED) is 0.636. The van der Waals surface area contributed by atoms with Crippen molar-refractivity contribution < 1.29 is 23.9 Å². The molecule has 164 valence electrons. The largest absolute Gasteiger partial charge is 0.497 e. The predicted molar refractivity (Wildman–Crippen MR) is 116 cm³/mol. The van der Waals surface area contributed by atoms with Gasteiger partial charge in [0.15, 0.2) is 6.61 Å². The average molecular weight is 424 g/mol. The maximum Gasteiger partial charge on any atom is 0.325 e. The van der Waals surface area contributed by atoms with Crippen molar-refractivity contribution in [2.45, 2.75) is 38.6 Å². The third-order valence-electron chi connectivity index (χ3n) is 5.36. The SMILES string of the molecule is COc1ccc(C(=O)NCC(=O)OCC(=O)N[C@H](C)c2ccc3c(c2)CCCC3)cc1. The standard InChI is InChI=1S/C24H28N2O5/c1-16(19-8-7-17-5-3-4-6-20(17)13-19)26-22(27)15-31-23(28)14-25-24(29)18-9-11-21(30-2)12-10-18/h7-13,16H,3-6,14-15H2,1-2H3,(H,25,29)(H,26,27)/t16-/m1/s1. The first-order valence-electron chi connectivity index (χ1n) is 10.4. The van der Waals surface area contributed by atoms with E-state index < -0.39 is 18.5 Å². The molecule has 0 saturated heterocycles. The zero-order chi connectivity index (χ0) is 22.2. The number of hydrogen-bond acceptors (Lipinski definition) is 5. The van der Waals surface area contributed by atoms with E-state index in [-0.39, 0.29) is 18.5 Å². The fourth-order valence-electron chi connectivity index (χ4n) is 3.58. The summed E-state index contributed by atoms with van der Waals surface area (Å²) in [4.78, 5) is 36.1. The molecule has 1 aliphatic carbocycles. The second-order valence-electron chi connectivity index (χ2n) is 7.60. The Morgan fingerprint density at radius 1 is 1.00 bits per heavy atom. The molecular weight excluding hydrogens is 396 g/mol. The molecule has 31 heavy (non-hydrogen) atoms. The number of rotatable bonds is 8. The minimum absolute atomic E-state index is 0.187. The second kappa shape index (κ2) is 10.6. The molecule has 7 heteroatoms. The molecular formula is C24H28N2O5. The van der Waals surface area contributed by atoms with Gasteiger partial charge in [-0.3, -0.25) is 14.4 Å². The summed E-state index contributed by atoms with van der Waals surface area (Å²) < 4.78 is 10.0. The molecule has 2 amide bonds. The van der Waals surface area contributed by atoms with Crippen molar-refractivity contribution in [3.05, 3.63) is 64.7 Å². The number of benzene rings is 2. The van der Waals surface area contributed by atoms with Crippen molar-refractivity contribution in [3.8, 4) is 5.75 Å². The van der Waals surface area contributed by atoms with Gasteiger partial charge >= 0.3 is 5.97 Å². The van der Waals surface area contributed by atoms with Crippen molar-refractivity contribution in [3.63, 3.8) is 0 Å². The molecule has 7 nitrogen and oxygen atoms in total. The number of nitrogens with one attached hydrogen (secondary N) is 2. The van der Waals surface area contributed by atoms with E-state index in [0.717, 1.165) is 18.4 Å². The summed E-state index contributed by atoms with van der Waals surface area (Å²) in [5.74, 6) is -0.852. The highest BCUT2D eigenvalue weighted by atomic mass is 16.5. The van der Waals surface area contributed by atoms with Crippen LogP contribution >= 0.6 is 0 Å². The van der Waals surface area contributed by atoms with Crippen molar-refractivity contribution in [1.82, 2.24) is 10.6 Å². The van der Waals surface area contributed by atoms with Crippen LogP contribution in [0, 0.1) is 0 Å². The van der Waals surface area contributed by atoms with Crippen LogP contribution in [0.25, 0.3) is 0 Å². The molecule has 0 bridgehead atoms. The maximum absolute atomic E-state index is 12.2. The Balaban J connectivity index is 1.40. The first-order valence-corrected chi connectivity index (χ1v) is 10.4. The summed E-state index contributed by atoms with van der Waals surface area (Å²) in [5, 5.41) is 5.31. The van der Waals surface area contributed by atoms with Crippen LogP contribution in [0.1, 0.15) is 52.9 Å². The van der Waals surface area contributed by atoms with Gasteiger partial charge in [-0.2, -0.15) is 0 Å². The van der Waals surface area contributed by atoms with Crippen molar-refractivity contribution in [2.24, 2.45) is 0 Å². The molecule has 1 atom stereocenters. The Morgan fingerprint density at radius 3 is 2.42 bits per heavy atom. The van der Waals surface area contributed by atoms with Crippen LogP contribution < -0.4 is 15.4 Å². The van der Waals surface area contributed by atoms with E-state index >= 15 is 0 Å². The number of aryl methyl sites for hydroxylation is 2. The second-order valence-corrected chi connectivity index (χ2v) is 7.60. The first kappa shape index (κ1) is 22.3. The first-order chi connectivity index (χ1) is 15.0. The summed E-state index contributed by atoms with van der Waals surface area (Å²) in [6.45, 7) is 1.18. The van der Waals surface area contributed by atoms with Crippen LogP contribution in [0.2, 0.25) is 0 Å². The Bertz CT molecular complexity index is 939. The third kappa shape index (κ3) is 6.31. The maximum atomic E-state index is 12.2. The Morgan fingerprint density at radius 2 is 1.71 bits per heavy atom. The molecule has 0 unspecified atom stereocenters. The molecule has 0 aliphatic heterocycles. The number of carbonyl (C=O) groups excluding carboxylic acids is 3. The van der Waals surface area contributed by atoms with Gasteiger partial charge in [-0.25, -0.2) is 0 Å². The minimum atomic E-state index is -0.682. The summed E-state index contributed by atoms with van der Waals surface area (Å²) in [5.41, 5.74) is 4.17. The number of hydrogen-bond donors (Lipinski definition) is 2. The van der Waals surface area contributed by atoms with Crippen LogP contribution in [0.5, 0.6) is 5.75 Å². The topological polar surface area (TPSA) is 93.7 Å². The Kier molecular flexibility index (Phi) is 7.65. The van der Waals surface area contributed by atoms with Crippen LogP contribution in [-0.4, -0.2) is 38.0 Å². The zero-order valence-electron chi connectivity index (χ0n) is 17.9. The lowest BCUT2D eigenvalue weighted by molar-refractivity contribution is -0.147. The summed E-state index contributed by atoms with van der Waals surface area (Å²) >= 11 is 0. The highest BCUT2D eigenvalue weighted by Crippen LogP contribution is 2.24. The molecule has 0 radical (unpaired) electrons. The van der Waals surface area contributed by atoms with Crippen molar-refractivity contribution >= 4 is 17.8 Å². The monoisotopic (exact) mass is 424 g/mol. The summed E-state index contributed by atoms with van der Waals surface area (Å²) in [7, 11) is 1.54. The zero-order valence-corrected chi connectivity index (χ0v) is 17.9. The van der Waals surface area contributed by atoms with Gasteiger partial charge in [-0.15, -0.1) is 0 Å². The number of esters is 1. The lowest BCUT2D eigenvalue weighted by Crippen LogP contribution is -2.34. The van der Waals surface area contributed by atoms with E-state index in [9.17, 15) is 14.4 Å². The van der Waals surface area contributed by atoms with Gasteiger partial charge in [-0.1, -0.05) is 18.2 Å². The van der Waals surface area contributed by atoms with E-state index in [1.54, 1.807) is 24.3 Å². The van der Waals surface area contributed by atoms with Gasteiger partial charge in [0.05, 0.1) is 13.2 Å². The van der Waals surface area contributed by atoms with E-state index in [2.05, 4.69) is 22.8 Å². The van der Waals surface area contributed by atoms with E-state index in [1.807, 2.05) is 13.0 Å². The Labute approximate surface area is 182 Å². The molecule has 0 heterocycles. The van der Waals surface area contributed by atoms with E-state index in [0.29, 0.717) is 11.3 Å². The number of fused-ring (bicyclic) bond motifs is 1. The van der Waals surface area contributed by atoms with E-state index in [1.165, 1.54) is 31.1 Å². The summed E-state index contributed by atoms with van der Waals surface area (Å²) in [6, 6.07) is 12.6. The predicted octanol–water partition coefficient (Wildman–Crippen LogP) is 2.72. The molecule has 3 rings (SSSR count). The molecule has 2 aromatic rings. The Hall–Kier alpha value is -3.35. The number of methoxy groups -OCH3 is 1. The number of amides is 2. The minimum Gasteiger partial charge on any atom is -0.497 e. The van der Waals surface area contributed by atoms with Crippen LogP contribution in [0.15, 0.2) is 42.5 Å². The van der Waals surface area contributed by atoms with Gasteiger partial charge in [-0.05, 0) is 73.6 Å². The third-order valence-corrected chi connectivity index (χ3v) is 5.36. The number of carbonyl (C=O) groups is 3. The van der Waals surface area contributed by atoms with Crippen LogP contribution in [-0.2, 0) is 27.2 Å². The van der Waals surface area contributed by atoms with Gasteiger partial charge in [0.25, 0.3) is 11.8 Å². The van der Waals surface area contributed by atoms with Crippen LogP contribution in [0.4, 0.5) is 0 Å². The van der Waals surface area contributed by atoms with Crippen LogP contribution in [0.3, 0.4) is 0 Å². The van der Waals surface area contributed by atoms with Crippen molar-refractivity contribution in [2.75, 3.05) is 20.3 Å². The highest BCUT2D eigenvalue weighted by molar-refractivity contribution is 5.96. The molecule has 2 aromatic carbocycles. The smallest absolute Gasteiger partial charge is 0.325 e. The van der Waals surface area contributed by atoms with Gasteiger partial charge in [0.2, 0.25) is 0 Å². The summed E-state index contributed by atoms with van der Waals surface area (Å²) in [6.07, 6.45) is 4.61. The van der Waals surface area contributed by atoms with Gasteiger partial charge in [0, 0.05) is 5.56 Å². The van der Waals surface area contributed by atoms with Crippen molar-refractivity contribution in [1.29, 1.82) is 0 Å². The molecule has 0 fully saturated rings. The lowest BCUT2D eigenvalue weighted by Gasteiger charge is -2.20.